The number of carbonyl (C=O) groups is 1. The number of hydrogen-bond donors (Lipinski definition) is 1. The van der Waals surface area contributed by atoms with Gasteiger partial charge in [0.25, 0.3) is 0 Å². The number of nitrogen functional groups attached to an aromatic ring is 1. The van der Waals surface area contributed by atoms with Crippen molar-refractivity contribution in [2.24, 2.45) is 0 Å². The first-order valence-corrected chi connectivity index (χ1v) is 8.35. The van der Waals surface area contributed by atoms with Gasteiger partial charge in [-0.05, 0) is 31.5 Å². The van der Waals surface area contributed by atoms with Crippen LogP contribution in [-0.2, 0) is 19.4 Å². The molecule has 6 nitrogen and oxygen atoms in total. The van der Waals surface area contributed by atoms with Gasteiger partial charge in [-0.1, -0.05) is 6.07 Å². The minimum absolute atomic E-state index is 0.0159. The van der Waals surface area contributed by atoms with Crippen molar-refractivity contribution in [3.05, 3.63) is 23.8 Å². The van der Waals surface area contributed by atoms with Crippen LogP contribution in [0.5, 0.6) is 0 Å². The van der Waals surface area contributed by atoms with E-state index < -0.39 is 21.0 Å². The predicted octanol–water partition coefficient (Wildman–Crippen LogP) is 0.598. The Hall–Kier alpha value is -1.60. The third kappa shape index (κ3) is 3.19. The average Bonchev–Trinajstić information content (AvgIpc) is 2.46. The molecule has 0 radical (unpaired) electrons. The fourth-order valence-corrected chi connectivity index (χ4v) is 3.73. The van der Waals surface area contributed by atoms with E-state index in [1.54, 1.807) is 12.1 Å². The first-order valence-electron chi connectivity index (χ1n) is 6.80. The highest BCUT2D eigenvalue weighted by molar-refractivity contribution is 7.93. The molecule has 1 atom stereocenters. The summed E-state index contributed by atoms with van der Waals surface area (Å²) in [5.74, 6) is -0.404. The Kier molecular flexibility index (Phi) is 4.53. The summed E-state index contributed by atoms with van der Waals surface area (Å²) in [4.78, 5) is 13.9. The summed E-state index contributed by atoms with van der Waals surface area (Å²) >= 11 is 0. The van der Waals surface area contributed by atoms with Crippen LogP contribution in [0.15, 0.2) is 23.1 Å². The molecule has 1 saturated heterocycles. The van der Waals surface area contributed by atoms with Crippen molar-refractivity contribution in [1.29, 1.82) is 0 Å². The normalized spacial score (nSPS) is 17.5. The number of morpholine rings is 1. The summed E-state index contributed by atoms with van der Waals surface area (Å²) in [6.07, 6.45) is 0. The smallest absolute Gasteiger partial charge is 0.241 e. The van der Waals surface area contributed by atoms with E-state index in [2.05, 4.69) is 0 Å². The lowest BCUT2D eigenvalue weighted by Gasteiger charge is -2.29. The van der Waals surface area contributed by atoms with E-state index in [9.17, 15) is 13.2 Å². The minimum atomic E-state index is -3.79. The maximum atomic E-state index is 12.6. The van der Waals surface area contributed by atoms with Gasteiger partial charge in [-0.3, -0.25) is 4.79 Å². The number of aryl methyl sites for hydroxylation is 1. The summed E-state index contributed by atoms with van der Waals surface area (Å²) < 4.78 is 30.3. The summed E-state index contributed by atoms with van der Waals surface area (Å²) in [5.41, 5.74) is 6.85. The largest absolute Gasteiger partial charge is 0.398 e. The molecule has 7 heteroatoms. The number of nitrogens with zero attached hydrogens (tertiary/aromatic N) is 1. The van der Waals surface area contributed by atoms with Gasteiger partial charge < -0.3 is 15.4 Å². The Morgan fingerprint density at radius 3 is 2.52 bits per heavy atom. The lowest BCUT2D eigenvalue weighted by atomic mass is 10.2. The molecule has 1 unspecified atom stereocenters. The highest BCUT2D eigenvalue weighted by Crippen LogP contribution is 2.24. The third-order valence-corrected chi connectivity index (χ3v) is 5.73. The van der Waals surface area contributed by atoms with Crippen LogP contribution in [-0.4, -0.2) is 50.8 Å². The van der Waals surface area contributed by atoms with Crippen LogP contribution in [0, 0.1) is 6.92 Å². The van der Waals surface area contributed by atoms with Crippen molar-refractivity contribution in [1.82, 2.24) is 4.90 Å². The molecule has 0 aromatic heterocycles. The van der Waals surface area contributed by atoms with Gasteiger partial charge in [0.1, 0.15) is 5.25 Å². The Morgan fingerprint density at radius 1 is 1.33 bits per heavy atom. The third-order valence-electron chi connectivity index (χ3n) is 3.61. The Balaban J connectivity index is 2.27. The van der Waals surface area contributed by atoms with Crippen LogP contribution < -0.4 is 5.73 Å². The molecule has 0 aliphatic carbocycles. The van der Waals surface area contributed by atoms with E-state index >= 15 is 0 Å². The fourth-order valence-electron chi connectivity index (χ4n) is 2.29. The fraction of sp³-hybridized carbons (Fsp3) is 0.500. The maximum Gasteiger partial charge on any atom is 0.241 e. The zero-order valence-corrected chi connectivity index (χ0v) is 13.0. The minimum Gasteiger partial charge on any atom is -0.398 e. The quantitative estimate of drug-likeness (QED) is 0.825. The summed E-state index contributed by atoms with van der Waals surface area (Å²) in [5, 5.41) is -1.15. The zero-order valence-electron chi connectivity index (χ0n) is 12.2. The van der Waals surface area contributed by atoms with Gasteiger partial charge in [-0.25, -0.2) is 8.42 Å². The molecule has 1 heterocycles. The van der Waals surface area contributed by atoms with Crippen molar-refractivity contribution in [2.45, 2.75) is 24.0 Å². The monoisotopic (exact) mass is 312 g/mol. The van der Waals surface area contributed by atoms with E-state index in [4.69, 9.17) is 10.5 Å². The first kappa shape index (κ1) is 15.8. The van der Waals surface area contributed by atoms with Crippen LogP contribution in [0.25, 0.3) is 0 Å². The van der Waals surface area contributed by atoms with Crippen molar-refractivity contribution >= 4 is 21.4 Å². The number of ether oxygens (including phenoxy) is 1. The van der Waals surface area contributed by atoms with E-state index in [1.165, 1.54) is 17.9 Å². The van der Waals surface area contributed by atoms with Crippen LogP contribution in [0.3, 0.4) is 0 Å². The summed E-state index contributed by atoms with van der Waals surface area (Å²) in [7, 11) is -3.79. The van der Waals surface area contributed by atoms with Gasteiger partial charge in [0.2, 0.25) is 5.91 Å². The predicted molar refractivity (Wildman–Crippen MR) is 79.6 cm³/mol. The molecule has 1 aliphatic rings. The van der Waals surface area contributed by atoms with Gasteiger partial charge in [-0.2, -0.15) is 0 Å². The molecule has 1 fully saturated rings. The second-order valence-corrected chi connectivity index (χ2v) is 7.40. The number of amides is 1. The molecular formula is C14H20N2O4S. The molecule has 1 amide bonds. The number of sulfone groups is 1. The van der Waals surface area contributed by atoms with Gasteiger partial charge in [-0.15, -0.1) is 0 Å². The molecular weight excluding hydrogens is 292 g/mol. The lowest BCUT2D eigenvalue weighted by molar-refractivity contribution is -0.134. The van der Waals surface area contributed by atoms with Crippen molar-refractivity contribution in [3.63, 3.8) is 0 Å². The van der Waals surface area contributed by atoms with E-state index in [-0.39, 0.29) is 10.6 Å². The maximum absolute atomic E-state index is 12.6. The molecule has 2 N–H and O–H groups in total. The second-order valence-electron chi connectivity index (χ2n) is 5.17. The number of benzene rings is 1. The van der Waals surface area contributed by atoms with Gasteiger partial charge in [0.15, 0.2) is 9.84 Å². The van der Waals surface area contributed by atoms with Crippen molar-refractivity contribution < 1.29 is 17.9 Å². The highest BCUT2D eigenvalue weighted by atomic mass is 32.2. The molecule has 2 rings (SSSR count). The molecule has 116 valence electrons. The van der Waals surface area contributed by atoms with E-state index in [0.717, 1.165) is 5.56 Å². The number of carbonyl (C=O) groups excluding carboxylic acids is 1. The second kappa shape index (κ2) is 6.03. The van der Waals surface area contributed by atoms with E-state index in [1.807, 2.05) is 6.92 Å². The summed E-state index contributed by atoms with van der Waals surface area (Å²) in [6.45, 7) is 4.95. The lowest BCUT2D eigenvalue weighted by Crippen LogP contribution is -2.47. The van der Waals surface area contributed by atoms with Gasteiger partial charge in [0.05, 0.1) is 23.8 Å². The zero-order chi connectivity index (χ0) is 15.6. The highest BCUT2D eigenvalue weighted by Gasteiger charge is 2.34. The number of rotatable bonds is 3. The number of anilines is 1. The Labute approximate surface area is 124 Å². The van der Waals surface area contributed by atoms with Crippen LogP contribution >= 0.6 is 0 Å². The van der Waals surface area contributed by atoms with Gasteiger partial charge >= 0.3 is 0 Å². The summed E-state index contributed by atoms with van der Waals surface area (Å²) in [6, 6.07) is 4.73. The van der Waals surface area contributed by atoms with Crippen LogP contribution in [0.4, 0.5) is 5.69 Å². The standard InChI is InChI=1S/C14H20N2O4S/c1-10-3-4-13(12(15)9-10)21(18,19)11(2)14(17)16-5-7-20-8-6-16/h3-4,9,11H,5-8,15H2,1-2H3. The molecule has 1 aliphatic heterocycles. The van der Waals surface area contributed by atoms with Crippen molar-refractivity contribution in [3.8, 4) is 0 Å². The SMILES string of the molecule is Cc1ccc(S(=O)(=O)C(C)C(=O)N2CCOCC2)c(N)c1. The first-order chi connectivity index (χ1) is 9.84. The number of hydrogen-bond acceptors (Lipinski definition) is 5. The van der Waals surface area contributed by atoms with Crippen molar-refractivity contribution in [2.75, 3.05) is 32.0 Å². The molecule has 0 bridgehead atoms. The van der Waals surface area contributed by atoms with E-state index in [0.29, 0.717) is 26.3 Å². The van der Waals surface area contributed by atoms with Crippen LogP contribution in [0.1, 0.15) is 12.5 Å². The topological polar surface area (TPSA) is 89.7 Å². The molecule has 1 aromatic carbocycles. The van der Waals surface area contributed by atoms with Gasteiger partial charge in [0, 0.05) is 13.1 Å². The molecule has 1 aromatic rings. The number of nitrogens with two attached hydrogens (primary N) is 1. The Bertz CT molecular complexity index is 636. The average molecular weight is 312 g/mol. The molecule has 0 spiro atoms. The Morgan fingerprint density at radius 2 is 1.95 bits per heavy atom. The molecule has 21 heavy (non-hydrogen) atoms. The molecule has 0 saturated carbocycles. The van der Waals surface area contributed by atoms with Crippen LogP contribution in [0.2, 0.25) is 0 Å².